The summed E-state index contributed by atoms with van der Waals surface area (Å²) < 4.78 is 4.94. The Hall–Kier alpha value is -3.03. The summed E-state index contributed by atoms with van der Waals surface area (Å²) in [6.07, 6.45) is 1.81. The number of nitrogens with zero attached hydrogens (tertiary/aromatic N) is 3. The van der Waals surface area contributed by atoms with Crippen LogP contribution in [0.3, 0.4) is 0 Å². The second-order valence-corrected chi connectivity index (χ2v) is 6.58. The molecule has 1 aliphatic rings. The van der Waals surface area contributed by atoms with E-state index >= 15 is 0 Å². The first kappa shape index (κ1) is 19.3. The number of hydrogen-bond donors (Lipinski definition) is 0. The Bertz CT molecular complexity index is 848. The zero-order valence-corrected chi connectivity index (χ0v) is 15.1. The first-order valence-electron chi connectivity index (χ1n) is 7.95. The van der Waals surface area contributed by atoms with Crippen LogP contribution in [-0.4, -0.2) is 35.2 Å². The minimum Gasteiger partial charge on any atom is -0.457 e. The van der Waals surface area contributed by atoms with Crippen molar-refractivity contribution in [2.45, 2.75) is 18.6 Å². The number of esters is 1. The smallest absolute Gasteiger partial charge is 0.351 e. The fourth-order valence-electron chi connectivity index (χ4n) is 2.51. The van der Waals surface area contributed by atoms with Gasteiger partial charge in [-0.05, 0) is 31.0 Å². The van der Waals surface area contributed by atoms with Crippen LogP contribution in [0.5, 0.6) is 0 Å². The molecular weight excluding hydrogens is 350 g/mol. The van der Waals surface area contributed by atoms with Crippen molar-refractivity contribution in [3.63, 3.8) is 0 Å². The van der Waals surface area contributed by atoms with Gasteiger partial charge in [0.2, 0.25) is 5.91 Å². The third-order valence-corrected chi connectivity index (χ3v) is 5.00. The van der Waals surface area contributed by atoms with Gasteiger partial charge in [0.25, 0.3) is 0 Å². The van der Waals surface area contributed by atoms with Gasteiger partial charge in [-0.1, -0.05) is 36.5 Å². The number of amides is 1. The number of rotatable bonds is 6. The van der Waals surface area contributed by atoms with Crippen molar-refractivity contribution in [2.75, 3.05) is 13.2 Å². The van der Waals surface area contributed by atoms with Crippen molar-refractivity contribution in [1.29, 1.82) is 10.5 Å². The molecule has 1 aliphatic heterocycles. The van der Waals surface area contributed by atoms with Crippen LogP contribution in [0.1, 0.15) is 18.1 Å². The Morgan fingerprint density at radius 3 is 2.85 bits per heavy atom. The van der Waals surface area contributed by atoms with Gasteiger partial charge in [0.1, 0.15) is 17.7 Å². The summed E-state index contributed by atoms with van der Waals surface area (Å²) in [6.45, 7) is 5.58. The molecule has 0 saturated carbocycles. The number of benzene rings is 1. The molecule has 1 fully saturated rings. The van der Waals surface area contributed by atoms with Gasteiger partial charge in [0, 0.05) is 6.54 Å². The lowest BCUT2D eigenvalue weighted by Crippen LogP contribution is -2.30. The Morgan fingerprint density at radius 2 is 2.23 bits per heavy atom. The van der Waals surface area contributed by atoms with Crippen molar-refractivity contribution in [3.8, 4) is 12.1 Å². The van der Waals surface area contributed by atoms with E-state index in [2.05, 4.69) is 12.6 Å². The van der Waals surface area contributed by atoms with Crippen LogP contribution in [0, 0.1) is 22.7 Å². The van der Waals surface area contributed by atoms with E-state index in [-0.39, 0.29) is 18.1 Å². The van der Waals surface area contributed by atoms with Gasteiger partial charge in [-0.25, -0.2) is 4.79 Å². The van der Waals surface area contributed by atoms with Gasteiger partial charge >= 0.3 is 5.97 Å². The number of thioether (sulfide) groups is 1. The molecule has 0 radical (unpaired) electrons. The summed E-state index contributed by atoms with van der Waals surface area (Å²) in [5.41, 5.74) is 1.19. The van der Waals surface area contributed by atoms with Crippen molar-refractivity contribution < 1.29 is 14.3 Å². The summed E-state index contributed by atoms with van der Waals surface area (Å²) in [7, 11) is 0. The van der Waals surface area contributed by atoms with Gasteiger partial charge in [0.05, 0.1) is 16.9 Å². The monoisotopic (exact) mass is 367 g/mol. The highest BCUT2D eigenvalue weighted by molar-refractivity contribution is 8.04. The molecule has 0 aliphatic carbocycles. The van der Waals surface area contributed by atoms with Gasteiger partial charge < -0.3 is 9.64 Å². The molecular formula is C19H17N3O3S. The second kappa shape index (κ2) is 8.89. The lowest BCUT2D eigenvalue weighted by atomic mass is 10.1. The molecule has 26 heavy (non-hydrogen) atoms. The number of hydrogen-bond acceptors (Lipinski definition) is 6. The molecule has 2 rings (SSSR count). The summed E-state index contributed by atoms with van der Waals surface area (Å²) in [6, 6.07) is 11.0. The largest absolute Gasteiger partial charge is 0.457 e. The van der Waals surface area contributed by atoms with E-state index in [0.717, 1.165) is 5.56 Å². The fourth-order valence-corrected chi connectivity index (χ4v) is 3.88. The summed E-state index contributed by atoms with van der Waals surface area (Å²) >= 11 is 1.18. The van der Waals surface area contributed by atoms with Crippen LogP contribution < -0.4 is 0 Å². The molecule has 1 aromatic rings. The highest BCUT2D eigenvalue weighted by atomic mass is 32.2. The highest BCUT2D eigenvalue weighted by Crippen LogP contribution is 2.38. The number of ether oxygens (including phenoxy) is 1. The molecule has 0 bridgehead atoms. The predicted octanol–water partition coefficient (Wildman–Crippen LogP) is 2.53. The van der Waals surface area contributed by atoms with Gasteiger partial charge in [-0.3, -0.25) is 4.79 Å². The maximum absolute atomic E-state index is 12.7. The molecule has 1 amide bonds. The summed E-state index contributed by atoms with van der Waals surface area (Å²) in [5, 5.41) is 18.2. The summed E-state index contributed by atoms with van der Waals surface area (Å²) in [5.74, 6) is -0.938. The second-order valence-electron chi connectivity index (χ2n) is 5.38. The van der Waals surface area contributed by atoms with Gasteiger partial charge in [-0.2, -0.15) is 10.5 Å². The first-order chi connectivity index (χ1) is 12.5. The van der Waals surface area contributed by atoms with E-state index in [0.29, 0.717) is 23.6 Å². The third kappa shape index (κ3) is 4.14. The van der Waals surface area contributed by atoms with Crippen LogP contribution in [0.4, 0.5) is 0 Å². The zero-order chi connectivity index (χ0) is 19.1. The topological polar surface area (TPSA) is 94.2 Å². The van der Waals surface area contributed by atoms with Gasteiger partial charge in [0.15, 0.2) is 5.57 Å². The molecule has 7 heteroatoms. The molecule has 0 unspecified atom stereocenters. The van der Waals surface area contributed by atoms with Crippen LogP contribution in [-0.2, 0) is 20.7 Å². The lowest BCUT2D eigenvalue weighted by molar-refractivity contribution is -0.137. The van der Waals surface area contributed by atoms with E-state index in [1.54, 1.807) is 25.1 Å². The van der Waals surface area contributed by atoms with Crippen molar-refractivity contribution in [3.05, 3.63) is 58.6 Å². The van der Waals surface area contributed by atoms with Crippen molar-refractivity contribution in [1.82, 2.24) is 4.90 Å². The summed E-state index contributed by atoms with van der Waals surface area (Å²) in [4.78, 5) is 26.2. The predicted molar refractivity (Wildman–Crippen MR) is 97.4 cm³/mol. The third-order valence-electron chi connectivity index (χ3n) is 3.70. The minimum atomic E-state index is -0.770. The maximum Gasteiger partial charge on any atom is 0.351 e. The van der Waals surface area contributed by atoms with E-state index in [9.17, 15) is 14.9 Å². The van der Waals surface area contributed by atoms with Crippen molar-refractivity contribution >= 4 is 23.6 Å². The Labute approximate surface area is 156 Å². The SMILES string of the molecule is C=CCOC(=O)/C(C#N)=C1\S[C@H](Cc2cccc(C#N)c2)C(=O)N1CC. The normalized spacial score (nSPS) is 18.0. The van der Waals surface area contributed by atoms with Crippen LogP contribution in [0.2, 0.25) is 0 Å². The molecule has 0 N–H and O–H groups in total. The van der Waals surface area contributed by atoms with Crippen LogP contribution in [0.15, 0.2) is 47.5 Å². The average molecular weight is 367 g/mol. The Kier molecular flexibility index (Phi) is 6.60. The number of nitriles is 2. The minimum absolute atomic E-state index is 0.00753. The molecule has 132 valence electrons. The van der Waals surface area contributed by atoms with E-state index in [1.165, 1.54) is 22.7 Å². The molecule has 0 aromatic heterocycles. The first-order valence-corrected chi connectivity index (χ1v) is 8.83. The number of carbonyl (C=O) groups excluding carboxylic acids is 2. The molecule has 0 spiro atoms. The van der Waals surface area contributed by atoms with E-state index in [4.69, 9.17) is 10.00 Å². The molecule has 1 saturated heterocycles. The molecule has 1 heterocycles. The Balaban J connectivity index is 2.30. The van der Waals surface area contributed by atoms with E-state index in [1.807, 2.05) is 12.1 Å². The van der Waals surface area contributed by atoms with Crippen LogP contribution in [0.25, 0.3) is 0 Å². The average Bonchev–Trinajstić information content (AvgIpc) is 2.96. The van der Waals surface area contributed by atoms with E-state index < -0.39 is 11.2 Å². The standard InChI is InChI=1S/C19H17N3O3S/c1-3-8-25-19(24)15(12-21)18-22(4-2)17(23)16(26-18)10-13-6-5-7-14(9-13)11-20/h3,5-7,9,16H,1,4,8,10H2,2H3/b18-15-/t16-/m1/s1. The Morgan fingerprint density at radius 1 is 1.46 bits per heavy atom. The molecule has 1 atom stereocenters. The van der Waals surface area contributed by atoms with Crippen molar-refractivity contribution in [2.24, 2.45) is 0 Å². The van der Waals surface area contributed by atoms with Crippen LogP contribution >= 0.6 is 11.8 Å². The molecule has 6 nitrogen and oxygen atoms in total. The quantitative estimate of drug-likeness (QED) is 0.332. The fraction of sp³-hybridized carbons (Fsp3) is 0.263. The maximum atomic E-state index is 12.7. The van der Waals surface area contributed by atoms with Gasteiger partial charge in [-0.15, -0.1) is 0 Å². The highest BCUT2D eigenvalue weighted by Gasteiger charge is 2.39. The zero-order valence-electron chi connectivity index (χ0n) is 14.3. The number of carbonyl (C=O) groups is 2. The molecule has 1 aromatic carbocycles. The lowest BCUT2D eigenvalue weighted by Gasteiger charge is -2.15.